The smallest absolute Gasteiger partial charge is 0.354 e. The Kier molecular flexibility index (Phi) is 4.80. The Morgan fingerprint density at radius 2 is 1.77 bits per heavy atom. The highest BCUT2D eigenvalue weighted by molar-refractivity contribution is 6.37. The normalized spacial score (nSPS) is 19.2. The largest absolute Gasteiger partial charge is 0.464 e. The number of rotatable bonds is 3. The lowest BCUT2D eigenvalue weighted by molar-refractivity contribution is -0.133. The molecule has 0 fully saturated rings. The van der Waals surface area contributed by atoms with Crippen molar-refractivity contribution in [2.75, 3.05) is 7.11 Å². The number of hydrazone groups is 1. The summed E-state index contributed by atoms with van der Waals surface area (Å²) < 4.78 is 4.69. The minimum absolute atomic E-state index is 0.0367. The van der Waals surface area contributed by atoms with Crippen LogP contribution in [0.25, 0.3) is 0 Å². The van der Waals surface area contributed by atoms with Gasteiger partial charge < -0.3 is 9.84 Å². The van der Waals surface area contributed by atoms with Crippen LogP contribution in [0.4, 0.5) is 0 Å². The van der Waals surface area contributed by atoms with Crippen molar-refractivity contribution in [3.63, 3.8) is 0 Å². The van der Waals surface area contributed by atoms with Gasteiger partial charge in [-0.3, -0.25) is 4.79 Å². The summed E-state index contributed by atoms with van der Waals surface area (Å²) in [6, 6.07) is 13.2. The molecule has 0 saturated carbocycles. The number of carbonyl (C=O) groups excluding carboxylic acids is 2. The van der Waals surface area contributed by atoms with Gasteiger partial charge in [0, 0.05) is 16.1 Å². The number of esters is 1. The molecule has 1 amide bonds. The second kappa shape index (κ2) is 6.90. The van der Waals surface area contributed by atoms with Crippen molar-refractivity contribution in [2.24, 2.45) is 5.10 Å². The molecular formula is C19H17ClN2O4. The third kappa shape index (κ3) is 3.21. The minimum Gasteiger partial charge on any atom is -0.464 e. The molecule has 1 aliphatic heterocycles. The molecule has 2 aromatic rings. The lowest BCUT2D eigenvalue weighted by atomic mass is 9.96. The van der Waals surface area contributed by atoms with Crippen LogP contribution in [0.3, 0.4) is 0 Å². The molecule has 0 aliphatic carbocycles. The minimum atomic E-state index is -1.81. The van der Waals surface area contributed by atoms with Gasteiger partial charge in [-0.25, -0.2) is 4.79 Å². The van der Waals surface area contributed by atoms with Gasteiger partial charge in [0.05, 0.1) is 13.5 Å². The Balaban J connectivity index is 2.05. The third-order valence-corrected chi connectivity index (χ3v) is 4.46. The Morgan fingerprint density at radius 3 is 2.35 bits per heavy atom. The highest BCUT2D eigenvalue weighted by Crippen LogP contribution is 2.37. The van der Waals surface area contributed by atoms with Gasteiger partial charge in [-0.2, -0.15) is 10.1 Å². The summed E-state index contributed by atoms with van der Waals surface area (Å²) in [6.07, 6.45) is -0.182. The summed E-state index contributed by atoms with van der Waals surface area (Å²) in [7, 11) is 1.22. The van der Waals surface area contributed by atoms with E-state index < -0.39 is 17.6 Å². The van der Waals surface area contributed by atoms with Gasteiger partial charge in [0.1, 0.15) is 0 Å². The fourth-order valence-corrected chi connectivity index (χ4v) is 2.88. The first kappa shape index (κ1) is 18.1. The molecule has 0 saturated heterocycles. The van der Waals surface area contributed by atoms with E-state index >= 15 is 0 Å². The topological polar surface area (TPSA) is 79.2 Å². The first-order chi connectivity index (χ1) is 12.3. The summed E-state index contributed by atoms with van der Waals surface area (Å²) >= 11 is 5.91. The van der Waals surface area contributed by atoms with Crippen LogP contribution < -0.4 is 0 Å². The molecule has 2 aromatic carbocycles. The predicted octanol–water partition coefficient (Wildman–Crippen LogP) is 2.87. The number of aryl methyl sites for hydroxylation is 1. The van der Waals surface area contributed by atoms with Crippen LogP contribution in [-0.2, 0) is 15.3 Å². The summed E-state index contributed by atoms with van der Waals surface area (Å²) in [5.41, 5.74) is -0.112. The average molecular weight is 373 g/mol. The molecule has 1 N–H and O–H groups in total. The van der Waals surface area contributed by atoms with E-state index in [2.05, 4.69) is 5.10 Å². The molecule has 26 heavy (non-hydrogen) atoms. The molecule has 1 heterocycles. The van der Waals surface area contributed by atoms with Gasteiger partial charge >= 0.3 is 5.97 Å². The highest BCUT2D eigenvalue weighted by Gasteiger charge is 2.48. The van der Waals surface area contributed by atoms with E-state index in [1.807, 2.05) is 6.92 Å². The molecule has 0 unspecified atom stereocenters. The summed E-state index contributed by atoms with van der Waals surface area (Å²) in [4.78, 5) is 24.9. The van der Waals surface area contributed by atoms with Crippen molar-refractivity contribution in [2.45, 2.75) is 19.1 Å². The quantitative estimate of drug-likeness (QED) is 0.840. The fraction of sp³-hybridized carbons (Fsp3) is 0.211. The molecule has 3 rings (SSSR count). The Bertz CT molecular complexity index is 877. The van der Waals surface area contributed by atoms with E-state index in [0.717, 1.165) is 10.6 Å². The number of ether oxygens (including phenoxy) is 1. The molecule has 0 bridgehead atoms. The van der Waals surface area contributed by atoms with Crippen LogP contribution in [0.5, 0.6) is 0 Å². The van der Waals surface area contributed by atoms with Crippen molar-refractivity contribution in [3.05, 3.63) is 70.2 Å². The number of benzene rings is 2. The molecule has 1 atom stereocenters. The molecule has 134 valence electrons. The molecule has 0 spiro atoms. The Morgan fingerprint density at radius 1 is 1.15 bits per heavy atom. The van der Waals surface area contributed by atoms with Crippen LogP contribution in [0.15, 0.2) is 53.6 Å². The zero-order valence-corrected chi connectivity index (χ0v) is 15.0. The van der Waals surface area contributed by atoms with Crippen LogP contribution >= 0.6 is 11.6 Å². The standard InChI is InChI=1S/C19H17ClN2O4/c1-12-3-5-13(6-4-12)17(23)22-19(25,11-16(21-22)18(24)26-2)14-7-9-15(20)10-8-14/h3-10,25H,11H2,1-2H3/t19-/m0/s1. The van der Waals surface area contributed by atoms with Crippen LogP contribution in [0.2, 0.25) is 5.02 Å². The Labute approximate surface area is 155 Å². The molecule has 7 heteroatoms. The van der Waals surface area contributed by atoms with Gasteiger partial charge in [0.15, 0.2) is 11.4 Å². The lowest BCUT2D eigenvalue weighted by Crippen LogP contribution is -2.43. The second-order valence-electron chi connectivity index (χ2n) is 6.02. The van der Waals surface area contributed by atoms with E-state index in [9.17, 15) is 14.7 Å². The highest BCUT2D eigenvalue weighted by atomic mass is 35.5. The van der Waals surface area contributed by atoms with Crippen LogP contribution in [0.1, 0.15) is 27.9 Å². The number of hydrogen-bond acceptors (Lipinski definition) is 5. The second-order valence-corrected chi connectivity index (χ2v) is 6.46. The van der Waals surface area contributed by atoms with Gasteiger partial charge in [-0.05, 0) is 31.2 Å². The Hall–Kier alpha value is -2.70. The lowest BCUT2D eigenvalue weighted by Gasteiger charge is -2.31. The van der Waals surface area contributed by atoms with Crippen LogP contribution in [0, 0.1) is 6.92 Å². The molecule has 0 aromatic heterocycles. The molecule has 6 nitrogen and oxygen atoms in total. The van der Waals surface area contributed by atoms with Gasteiger partial charge in [0.2, 0.25) is 0 Å². The third-order valence-electron chi connectivity index (χ3n) is 4.20. The zero-order chi connectivity index (χ0) is 18.9. The molecule has 0 radical (unpaired) electrons. The number of nitrogens with zero attached hydrogens (tertiary/aromatic N) is 2. The zero-order valence-electron chi connectivity index (χ0n) is 14.3. The van der Waals surface area contributed by atoms with Crippen molar-refractivity contribution in [3.8, 4) is 0 Å². The number of aliphatic hydroxyl groups is 1. The van der Waals surface area contributed by atoms with Crippen molar-refractivity contribution in [1.82, 2.24) is 5.01 Å². The van der Waals surface area contributed by atoms with E-state index in [1.165, 1.54) is 7.11 Å². The number of methoxy groups -OCH3 is 1. The van der Waals surface area contributed by atoms with E-state index in [0.29, 0.717) is 16.1 Å². The van der Waals surface area contributed by atoms with Crippen molar-refractivity contribution >= 4 is 29.2 Å². The van der Waals surface area contributed by atoms with Gasteiger partial charge in [0.25, 0.3) is 5.91 Å². The first-order valence-corrected chi connectivity index (χ1v) is 8.28. The number of amides is 1. The monoisotopic (exact) mass is 372 g/mol. The van der Waals surface area contributed by atoms with E-state index in [1.54, 1.807) is 48.5 Å². The SMILES string of the molecule is COC(=O)C1=NN(C(=O)c2ccc(C)cc2)[C@@](O)(c2ccc(Cl)cc2)C1. The van der Waals surface area contributed by atoms with E-state index in [4.69, 9.17) is 16.3 Å². The first-order valence-electron chi connectivity index (χ1n) is 7.90. The summed E-state index contributed by atoms with van der Waals surface area (Å²) in [5.74, 6) is -1.22. The average Bonchev–Trinajstić information content (AvgIpc) is 3.00. The number of carbonyl (C=O) groups is 2. The molecule has 1 aliphatic rings. The maximum Gasteiger partial charge on any atom is 0.354 e. The molecular weight excluding hydrogens is 356 g/mol. The van der Waals surface area contributed by atoms with Crippen molar-refractivity contribution in [1.29, 1.82) is 0 Å². The van der Waals surface area contributed by atoms with Gasteiger partial charge in [-0.1, -0.05) is 41.4 Å². The maximum atomic E-state index is 13.0. The number of hydrogen-bond donors (Lipinski definition) is 1. The van der Waals surface area contributed by atoms with Gasteiger partial charge in [-0.15, -0.1) is 0 Å². The predicted molar refractivity (Wildman–Crippen MR) is 96.8 cm³/mol. The summed E-state index contributed by atoms with van der Waals surface area (Å²) in [5, 5.41) is 16.7. The fourth-order valence-electron chi connectivity index (χ4n) is 2.75. The summed E-state index contributed by atoms with van der Waals surface area (Å²) in [6.45, 7) is 1.90. The maximum absolute atomic E-state index is 13.0. The van der Waals surface area contributed by atoms with Crippen LogP contribution in [-0.4, -0.2) is 34.8 Å². The number of halogens is 1. The van der Waals surface area contributed by atoms with E-state index in [-0.39, 0.29) is 12.1 Å². The van der Waals surface area contributed by atoms with Crippen molar-refractivity contribution < 1.29 is 19.4 Å².